The Balaban J connectivity index is 2.18. The Morgan fingerprint density at radius 1 is 1.38 bits per heavy atom. The molecule has 0 unspecified atom stereocenters. The lowest BCUT2D eigenvalue weighted by atomic mass is 10.2. The monoisotopic (exact) mass is 182 g/mol. The van der Waals surface area contributed by atoms with E-state index in [1.54, 1.807) is 0 Å². The highest BCUT2D eigenvalue weighted by Gasteiger charge is 2.31. The molecule has 1 fully saturated rings. The van der Waals surface area contributed by atoms with Gasteiger partial charge in [0.15, 0.2) is 5.79 Å². The van der Waals surface area contributed by atoms with Crippen LogP contribution in [0.4, 0.5) is 0 Å². The molecule has 0 aromatic rings. The molecule has 1 aliphatic heterocycles. The van der Waals surface area contributed by atoms with Crippen LogP contribution < -0.4 is 0 Å². The average molecular weight is 182 g/mol. The van der Waals surface area contributed by atoms with Gasteiger partial charge in [-0.3, -0.25) is 0 Å². The van der Waals surface area contributed by atoms with Gasteiger partial charge >= 0.3 is 0 Å². The summed E-state index contributed by atoms with van der Waals surface area (Å²) in [5.41, 5.74) is 0. The highest BCUT2D eigenvalue weighted by Crippen LogP contribution is 2.24. The summed E-state index contributed by atoms with van der Waals surface area (Å²) in [5.74, 6) is 5.76. The molecule has 2 nitrogen and oxygen atoms in total. The van der Waals surface area contributed by atoms with Crippen molar-refractivity contribution < 1.29 is 9.47 Å². The quantitative estimate of drug-likeness (QED) is 0.610. The highest BCUT2D eigenvalue weighted by atomic mass is 16.7. The number of hydrogen-bond donors (Lipinski definition) is 0. The molecule has 1 aliphatic rings. The Hall–Kier alpha value is -0.520. The summed E-state index contributed by atoms with van der Waals surface area (Å²) in [6, 6.07) is 0. The van der Waals surface area contributed by atoms with Gasteiger partial charge in [0.2, 0.25) is 0 Å². The largest absolute Gasteiger partial charge is 0.348 e. The van der Waals surface area contributed by atoms with Crippen molar-refractivity contribution >= 4 is 0 Å². The van der Waals surface area contributed by atoms with Gasteiger partial charge in [-0.25, -0.2) is 0 Å². The van der Waals surface area contributed by atoms with Crippen LogP contribution in [0.2, 0.25) is 0 Å². The van der Waals surface area contributed by atoms with E-state index in [4.69, 9.17) is 9.47 Å². The molecule has 13 heavy (non-hydrogen) atoms. The minimum absolute atomic E-state index is 0.237. The van der Waals surface area contributed by atoms with Crippen molar-refractivity contribution in [1.29, 1.82) is 0 Å². The molecule has 0 spiro atoms. The summed E-state index contributed by atoms with van der Waals surface area (Å²) in [4.78, 5) is 0. The van der Waals surface area contributed by atoms with E-state index < -0.39 is 0 Å². The second-order valence-corrected chi connectivity index (χ2v) is 3.70. The molecule has 1 atom stereocenters. The van der Waals surface area contributed by atoms with Gasteiger partial charge in [-0.2, -0.15) is 0 Å². The molecule has 1 rings (SSSR count). The van der Waals surface area contributed by atoms with Gasteiger partial charge in [-0.1, -0.05) is 6.92 Å². The molecule has 0 aliphatic carbocycles. The van der Waals surface area contributed by atoms with Crippen LogP contribution in [0.3, 0.4) is 0 Å². The molecule has 0 aromatic heterocycles. The zero-order valence-electron chi connectivity index (χ0n) is 8.72. The molecule has 0 radical (unpaired) electrons. The second kappa shape index (κ2) is 4.64. The van der Waals surface area contributed by atoms with Gasteiger partial charge in [0.25, 0.3) is 0 Å². The van der Waals surface area contributed by atoms with Gasteiger partial charge in [0, 0.05) is 12.8 Å². The molecular formula is C11H18O2. The fourth-order valence-corrected chi connectivity index (χ4v) is 1.35. The third-order valence-electron chi connectivity index (χ3n) is 1.96. The van der Waals surface area contributed by atoms with E-state index in [1.165, 1.54) is 0 Å². The lowest BCUT2D eigenvalue weighted by molar-refractivity contribution is -0.138. The van der Waals surface area contributed by atoms with Crippen molar-refractivity contribution in [2.75, 3.05) is 6.61 Å². The summed E-state index contributed by atoms with van der Waals surface area (Å²) in [6.07, 6.45) is 3.07. The summed E-state index contributed by atoms with van der Waals surface area (Å²) in [7, 11) is 0. The summed E-state index contributed by atoms with van der Waals surface area (Å²) >= 11 is 0. The second-order valence-electron chi connectivity index (χ2n) is 3.70. The first-order valence-electron chi connectivity index (χ1n) is 4.91. The Morgan fingerprint density at radius 2 is 2.15 bits per heavy atom. The number of rotatable bonds is 2. The van der Waals surface area contributed by atoms with Crippen LogP contribution in [0, 0.1) is 11.8 Å². The lowest BCUT2D eigenvalue weighted by Crippen LogP contribution is -2.21. The Labute approximate surface area is 80.6 Å². The van der Waals surface area contributed by atoms with Gasteiger partial charge in [-0.15, -0.1) is 11.8 Å². The van der Waals surface area contributed by atoms with E-state index in [1.807, 2.05) is 13.8 Å². The standard InChI is InChI=1S/C11H18O2/c1-4-5-6-7-8-10-9-12-11(2,3)13-10/h10H,4,7-9H2,1-3H3/t10-/m1/s1. The van der Waals surface area contributed by atoms with E-state index in [2.05, 4.69) is 18.8 Å². The Kier molecular flexibility index (Phi) is 3.77. The maximum absolute atomic E-state index is 5.64. The predicted octanol–water partition coefficient (Wildman–Crippen LogP) is 2.33. The zero-order chi connectivity index (χ0) is 9.73. The smallest absolute Gasteiger partial charge is 0.163 e. The molecule has 0 amide bonds. The van der Waals surface area contributed by atoms with Crippen molar-refractivity contribution in [3.05, 3.63) is 0 Å². The average Bonchev–Trinajstić information content (AvgIpc) is 2.40. The van der Waals surface area contributed by atoms with Crippen LogP contribution in [0.25, 0.3) is 0 Å². The van der Waals surface area contributed by atoms with Gasteiger partial charge in [0.05, 0.1) is 12.7 Å². The van der Waals surface area contributed by atoms with E-state index in [0.29, 0.717) is 6.61 Å². The minimum Gasteiger partial charge on any atom is -0.348 e. The Morgan fingerprint density at radius 3 is 2.69 bits per heavy atom. The third-order valence-corrected chi connectivity index (χ3v) is 1.96. The van der Waals surface area contributed by atoms with Crippen molar-refractivity contribution in [1.82, 2.24) is 0 Å². The molecule has 0 N–H and O–H groups in total. The predicted molar refractivity (Wildman–Crippen MR) is 52.2 cm³/mol. The van der Waals surface area contributed by atoms with E-state index in [0.717, 1.165) is 19.3 Å². The van der Waals surface area contributed by atoms with Crippen LogP contribution in [0.1, 0.15) is 40.0 Å². The van der Waals surface area contributed by atoms with Crippen molar-refractivity contribution in [3.8, 4) is 11.8 Å². The molecule has 0 saturated carbocycles. The summed E-state index contributed by atoms with van der Waals surface area (Å²) in [6.45, 7) is 6.67. The van der Waals surface area contributed by atoms with Crippen LogP contribution in [0.15, 0.2) is 0 Å². The van der Waals surface area contributed by atoms with E-state index >= 15 is 0 Å². The van der Waals surface area contributed by atoms with Gasteiger partial charge in [0.1, 0.15) is 0 Å². The Bertz CT molecular complexity index is 210. The van der Waals surface area contributed by atoms with Crippen LogP contribution >= 0.6 is 0 Å². The SMILES string of the molecule is CCC#CCC[C@@H]1COC(C)(C)O1. The zero-order valence-corrected chi connectivity index (χ0v) is 8.72. The molecule has 74 valence electrons. The summed E-state index contributed by atoms with van der Waals surface area (Å²) < 4.78 is 11.1. The fourth-order valence-electron chi connectivity index (χ4n) is 1.35. The first-order chi connectivity index (χ1) is 6.14. The van der Waals surface area contributed by atoms with Crippen molar-refractivity contribution in [3.63, 3.8) is 0 Å². The van der Waals surface area contributed by atoms with Crippen molar-refractivity contribution in [2.45, 2.75) is 51.9 Å². The number of ether oxygens (including phenoxy) is 2. The minimum atomic E-state index is -0.386. The van der Waals surface area contributed by atoms with Crippen molar-refractivity contribution in [2.24, 2.45) is 0 Å². The topological polar surface area (TPSA) is 18.5 Å². The highest BCUT2D eigenvalue weighted by molar-refractivity contribution is 4.98. The first kappa shape index (κ1) is 10.6. The molecule has 0 bridgehead atoms. The fraction of sp³-hybridized carbons (Fsp3) is 0.818. The van der Waals surface area contributed by atoms with Gasteiger partial charge < -0.3 is 9.47 Å². The van der Waals surface area contributed by atoms with Crippen LogP contribution in [-0.2, 0) is 9.47 Å². The number of hydrogen-bond acceptors (Lipinski definition) is 2. The molecule has 1 saturated heterocycles. The summed E-state index contributed by atoms with van der Waals surface area (Å²) in [5, 5.41) is 0. The van der Waals surface area contributed by atoms with Crippen LogP contribution in [0.5, 0.6) is 0 Å². The van der Waals surface area contributed by atoms with Gasteiger partial charge in [-0.05, 0) is 20.3 Å². The first-order valence-corrected chi connectivity index (χ1v) is 4.91. The molecule has 2 heteroatoms. The maximum atomic E-state index is 5.64. The lowest BCUT2D eigenvalue weighted by Gasteiger charge is -2.16. The normalized spacial score (nSPS) is 25.3. The van der Waals surface area contributed by atoms with E-state index in [-0.39, 0.29) is 11.9 Å². The molecular weight excluding hydrogens is 164 g/mol. The van der Waals surface area contributed by atoms with Crippen LogP contribution in [-0.4, -0.2) is 18.5 Å². The van der Waals surface area contributed by atoms with E-state index in [9.17, 15) is 0 Å². The maximum Gasteiger partial charge on any atom is 0.163 e. The third kappa shape index (κ3) is 3.80. The molecule has 0 aromatic carbocycles. The molecule has 1 heterocycles.